The van der Waals surface area contributed by atoms with Crippen LogP contribution in [-0.4, -0.2) is 9.13 Å². The minimum atomic E-state index is -0.0160. The molecular formula is C37H28N2O2. The summed E-state index contributed by atoms with van der Waals surface area (Å²) in [5, 5.41) is 3.65. The second kappa shape index (κ2) is 8.97. The van der Waals surface area contributed by atoms with Gasteiger partial charge in [-0.25, -0.2) is 0 Å². The number of benzene rings is 4. The summed E-state index contributed by atoms with van der Waals surface area (Å²) in [7, 11) is 0. The highest BCUT2D eigenvalue weighted by Crippen LogP contribution is 2.35. The summed E-state index contributed by atoms with van der Waals surface area (Å²) in [5.41, 5.74) is 10.3. The molecule has 41 heavy (non-hydrogen) atoms. The van der Waals surface area contributed by atoms with Crippen molar-refractivity contribution in [3.8, 4) is 11.4 Å². The topological polar surface area (TPSA) is 40.1 Å². The molecule has 3 heterocycles. The molecule has 0 fully saturated rings. The molecule has 0 saturated heterocycles. The molecule has 0 aliphatic heterocycles. The quantitative estimate of drug-likeness (QED) is 0.213. The number of aryl methyl sites for hydroxylation is 2. The van der Waals surface area contributed by atoms with Crippen LogP contribution in [0.1, 0.15) is 35.9 Å². The molecule has 0 bridgehead atoms. The van der Waals surface area contributed by atoms with E-state index in [1.54, 1.807) is 0 Å². The minimum Gasteiger partial charge on any atom is -0.456 e. The maximum atomic E-state index is 13.9. The summed E-state index contributed by atoms with van der Waals surface area (Å²) >= 11 is 0. The molecule has 7 aromatic rings. The van der Waals surface area contributed by atoms with E-state index in [0.29, 0.717) is 21.9 Å². The number of nitrogens with zero attached hydrogens (tertiary/aromatic N) is 2. The van der Waals surface area contributed by atoms with Gasteiger partial charge >= 0.3 is 0 Å². The normalized spacial score (nSPS) is 13.3. The van der Waals surface area contributed by atoms with Crippen molar-refractivity contribution in [2.75, 3.05) is 0 Å². The molecule has 1 aliphatic carbocycles. The van der Waals surface area contributed by atoms with Crippen LogP contribution in [0.15, 0.2) is 106 Å². The zero-order valence-electron chi connectivity index (χ0n) is 23.0. The van der Waals surface area contributed by atoms with Crippen molar-refractivity contribution >= 4 is 55.9 Å². The highest BCUT2D eigenvalue weighted by Gasteiger charge is 2.20. The van der Waals surface area contributed by atoms with Crippen molar-refractivity contribution < 1.29 is 4.42 Å². The lowest BCUT2D eigenvalue weighted by atomic mass is 10.0. The number of fused-ring (bicyclic) bond motifs is 6. The third kappa shape index (κ3) is 3.44. The Kier molecular flexibility index (Phi) is 5.20. The van der Waals surface area contributed by atoms with Gasteiger partial charge in [0.1, 0.15) is 11.2 Å². The molecule has 0 N–H and O–H groups in total. The van der Waals surface area contributed by atoms with Crippen LogP contribution < -0.4 is 5.43 Å². The van der Waals surface area contributed by atoms with Crippen molar-refractivity contribution in [3.05, 3.63) is 130 Å². The second-order valence-corrected chi connectivity index (χ2v) is 10.8. The summed E-state index contributed by atoms with van der Waals surface area (Å²) in [5.74, 6) is 0. The Morgan fingerprint density at radius 2 is 1.49 bits per heavy atom. The van der Waals surface area contributed by atoms with Gasteiger partial charge in [-0.3, -0.25) is 4.79 Å². The van der Waals surface area contributed by atoms with Gasteiger partial charge in [-0.1, -0.05) is 48.6 Å². The first-order valence-electron chi connectivity index (χ1n) is 14.2. The molecule has 0 saturated carbocycles. The second-order valence-electron chi connectivity index (χ2n) is 10.8. The van der Waals surface area contributed by atoms with E-state index in [1.807, 2.05) is 37.3 Å². The molecule has 4 aromatic carbocycles. The van der Waals surface area contributed by atoms with E-state index in [1.165, 1.54) is 27.6 Å². The summed E-state index contributed by atoms with van der Waals surface area (Å²) in [6, 6.07) is 28.8. The van der Waals surface area contributed by atoms with Gasteiger partial charge in [0.2, 0.25) is 5.43 Å². The summed E-state index contributed by atoms with van der Waals surface area (Å²) in [6.07, 6.45) is 10.7. The molecule has 1 aliphatic rings. The lowest BCUT2D eigenvalue weighted by Crippen LogP contribution is -2.06. The number of allylic oxidation sites excluding steroid dienone is 2. The Hall–Kier alpha value is -5.09. The van der Waals surface area contributed by atoms with Crippen LogP contribution in [0.2, 0.25) is 0 Å². The number of para-hydroxylation sites is 2. The molecule has 4 heteroatoms. The van der Waals surface area contributed by atoms with E-state index in [0.717, 1.165) is 40.9 Å². The Balaban J connectivity index is 1.33. The minimum absolute atomic E-state index is 0.0160. The summed E-state index contributed by atoms with van der Waals surface area (Å²) < 4.78 is 10.9. The van der Waals surface area contributed by atoms with Gasteiger partial charge < -0.3 is 13.6 Å². The van der Waals surface area contributed by atoms with E-state index in [4.69, 9.17) is 4.42 Å². The molecule has 198 valence electrons. The van der Waals surface area contributed by atoms with Gasteiger partial charge in [0, 0.05) is 39.6 Å². The fourth-order valence-electron chi connectivity index (χ4n) is 6.63. The third-order valence-electron chi connectivity index (χ3n) is 8.51. The monoisotopic (exact) mass is 532 g/mol. The van der Waals surface area contributed by atoms with Crippen molar-refractivity contribution in [1.29, 1.82) is 0 Å². The third-order valence-corrected chi connectivity index (χ3v) is 8.51. The van der Waals surface area contributed by atoms with Crippen molar-refractivity contribution in [1.82, 2.24) is 9.13 Å². The highest BCUT2D eigenvalue weighted by atomic mass is 16.3. The lowest BCUT2D eigenvalue weighted by Gasteiger charge is -2.13. The Labute approximate surface area is 237 Å². The number of hydrogen-bond donors (Lipinski definition) is 0. The maximum Gasteiger partial charge on any atom is 0.200 e. The molecule has 4 nitrogen and oxygen atoms in total. The van der Waals surface area contributed by atoms with Gasteiger partial charge in [-0.15, -0.1) is 0 Å². The maximum absolute atomic E-state index is 13.9. The van der Waals surface area contributed by atoms with E-state index >= 15 is 0 Å². The Bertz CT molecular complexity index is 2310. The van der Waals surface area contributed by atoms with Crippen molar-refractivity contribution in [2.24, 2.45) is 0 Å². The highest BCUT2D eigenvalue weighted by molar-refractivity contribution is 5.95. The average Bonchev–Trinajstić information content (AvgIpc) is 3.49. The molecule has 8 rings (SSSR count). The number of hydrogen-bond acceptors (Lipinski definition) is 2. The molecule has 0 amide bonds. The van der Waals surface area contributed by atoms with E-state index in [2.05, 4.69) is 95.0 Å². The largest absolute Gasteiger partial charge is 0.456 e. The van der Waals surface area contributed by atoms with E-state index < -0.39 is 0 Å². The van der Waals surface area contributed by atoms with Crippen molar-refractivity contribution in [3.63, 3.8) is 0 Å². The average molecular weight is 533 g/mol. The smallest absolute Gasteiger partial charge is 0.200 e. The van der Waals surface area contributed by atoms with Gasteiger partial charge in [0.15, 0.2) is 0 Å². The predicted molar refractivity (Wildman–Crippen MR) is 170 cm³/mol. The summed E-state index contributed by atoms with van der Waals surface area (Å²) in [6.45, 7) is 4.19. The van der Waals surface area contributed by atoms with Gasteiger partial charge in [0.05, 0.1) is 21.8 Å². The van der Waals surface area contributed by atoms with Crippen molar-refractivity contribution in [2.45, 2.75) is 26.7 Å². The van der Waals surface area contributed by atoms with Crippen LogP contribution in [0, 0.1) is 6.92 Å². The first-order chi connectivity index (χ1) is 20.1. The lowest BCUT2D eigenvalue weighted by molar-refractivity contribution is 0.659. The molecule has 0 unspecified atom stereocenters. The molecule has 0 spiro atoms. The Morgan fingerprint density at radius 3 is 2.32 bits per heavy atom. The Morgan fingerprint density at radius 1 is 0.756 bits per heavy atom. The van der Waals surface area contributed by atoms with Gasteiger partial charge in [0.25, 0.3) is 0 Å². The molecule has 3 aromatic heterocycles. The fourth-order valence-corrected chi connectivity index (χ4v) is 6.63. The zero-order chi connectivity index (χ0) is 27.7. The first-order valence-corrected chi connectivity index (χ1v) is 14.2. The molecular weight excluding hydrogens is 504 g/mol. The molecule has 0 radical (unpaired) electrons. The fraction of sp³-hybridized carbons (Fsp3) is 0.108. The van der Waals surface area contributed by atoms with Gasteiger partial charge in [-0.2, -0.15) is 0 Å². The predicted octanol–water partition coefficient (Wildman–Crippen LogP) is 9.13. The van der Waals surface area contributed by atoms with Crippen LogP contribution in [0.4, 0.5) is 0 Å². The molecule has 0 atom stereocenters. The standard InChI is InChI=1S/C37H28N2O2/c1-3-10-31-23(2)26-11-4-7-14-32(26)38(31)25-17-19-29-36(22-25)41-35-20-18-24(21-30(35)37(29)40)39-33-15-8-5-12-27(33)28-13-6-9-16-34(28)39/h3-5,7-12,14-22H,6,13H2,1-2H3/b10-3-. The first kappa shape index (κ1) is 23.8. The zero-order valence-corrected chi connectivity index (χ0v) is 23.0. The van der Waals surface area contributed by atoms with E-state index in [9.17, 15) is 4.79 Å². The van der Waals surface area contributed by atoms with Crippen LogP contribution in [0.3, 0.4) is 0 Å². The van der Waals surface area contributed by atoms with Crippen LogP contribution >= 0.6 is 0 Å². The number of rotatable bonds is 3. The number of aromatic nitrogens is 2. The van der Waals surface area contributed by atoms with Crippen LogP contribution in [0.25, 0.3) is 67.3 Å². The van der Waals surface area contributed by atoms with Crippen LogP contribution in [0.5, 0.6) is 0 Å². The van der Waals surface area contributed by atoms with E-state index in [-0.39, 0.29) is 5.43 Å². The SMILES string of the molecule is C/C=C\c1c(C)c2ccccc2n1-c1ccc2c(=O)c3cc(-n4c5c(c6ccccc64)CCC=C5)ccc3oc2c1. The van der Waals surface area contributed by atoms with Gasteiger partial charge in [-0.05, 0) is 92.4 Å². The van der Waals surface area contributed by atoms with Crippen LogP contribution in [-0.2, 0) is 6.42 Å². The summed E-state index contributed by atoms with van der Waals surface area (Å²) in [4.78, 5) is 13.9.